The number of benzene rings is 1. The number of hydrogen-bond donors (Lipinski definition) is 0. The van der Waals surface area contributed by atoms with E-state index in [1.54, 1.807) is 18.4 Å². The summed E-state index contributed by atoms with van der Waals surface area (Å²) in [5.41, 5.74) is 1.32. The van der Waals surface area contributed by atoms with Crippen LogP contribution >= 0.6 is 0 Å². The number of carbonyl (C=O) groups is 1. The van der Waals surface area contributed by atoms with Gasteiger partial charge in [0.2, 0.25) is 5.91 Å². The molecule has 20 heavy (non-hydrogen) atoms. The summed E-state index contributed by atoms with van der Waals surface area (Å²) >= 11 is 0. The van der Waals surface area contributed by atoms with Gasteiger partial charge in [0.15, 0.2) is 0 Å². The van der Waals surface area contributed by atoms with Crippen molar-refractivity contribution in [2.24, 2.45) is 0 Å². The smallest absolute Gasteiger partial charge is 0.246 e. The van der Waals surface area contributed by atoms with Crippen LogP contribution in [0.25, 0.3) is 6.08 Å². The molecule has 0 aliphatic carbocycles. The molecule has 0 spiro atoms. The molecule has 1 aromatic heterocycles. The maximum atomic E-state index is 12.1. The Balaban J connectivity index is 1.61. The first-order chi connectivity index (χ1) is 9.83. The van der Waals surface area contributed by atoms with Crippen LogP contribution in [0, 0.1) is 0 Å². The Hall–Kier alpha value is -2.29. The number of rotatable bonds is 3. The number of hydrogen-bond acceptors (Lipinski definition) is 2. The van der Waals surface area contributed by atoms with Gasteiger partial charge in [0.25, 0.3) is 0 Å². The molecule has 1 atom stereocenters. The second-order valence-electron chi connectivity index (χ2n) is 5.03. The van der Waals surface area contributed by atoms with E-state index in [0.29, 0.717) is 11.7 Å². The molecule has 3 rings (SSSR count). The first kappa shape index (κ1) is 12.7. The molecule has 102 valence electrons. The highest BCUT2D eigenvalue weighted by molar-refractivity contribution is 5.91. The van der Waals surface area contributed by atoms with Crippen molar-refractivity contribution in [1.82, 2.24) is 4.90 Å². The van der Waals surface area contributed by atoms with E-state index < -0.39 is 0 Å². The summed E-state index contributed by atoms with van der Waals surface area (Å²) in [7, 11) is 0. The second-order valence-corrected chi connectivity index (χ2v) is 5.03. The van der Waals surface area contributed by atoms with Gasteiger partial charge in [0.05, 0.1) is 6.26 Å². The predicted octanol–water partition coefficient (Wildman–Crippen LogP) is 3.31. The normalized spacial score (nSPS) is 18.8. The third-order valence-electron chi connectivity index (χ3n) is 3.70. The zero-order chi connectivity index (χ0) is 13.8. The van der Waals surface area contributed by atoms with Crippen LogP contribution in [-0.4, -0.2) is 23.9 Å². The maximum Gasteiger partial charge on any atom is 0.246 e. The third-order valence-corrected chi connectivity index (χ3v) is 3.70. The van der Waals surface area contributed by atoms with Crippen molar-refractivity contribution < 1.29 is 9.21 Å². The summed E-state index contributed by atoms with van der Waals surface area (Å²) in [6.45, 7) is 1.62. The fourth-order valence-corrected chi connectivity index (χ4v) is 2.60. The number of likely N-dealkylation sites (tertiary alicyclic amines) is 1. The fourth-order valence-electron chi connectivity index (χ4n) is 2.60. The lowest BCUT2D eigenvalue weighted by atomic mass is 9.99. The molecule has 1 fully saturated rings. The number of amides is 1. The Morgan fingerprint density at radius 3 is 2.80 bits per heavy atom. The second kappa shape index (κ2) is 5.78. The highest BCUT2D eigenvalue weighted by Gasteiger charge is 2.25. The number of furan rings is 1. The monoisotopic (exact) mass is 267 g/mol. The Labute approximate surface area is 118 Å². The van der Waals surface area contributed by atoms with Crippen molar-refractivity contribution in [2.75, 3.05) is 13.1 Å². The van der Waals surface area contributed by atoms with Crippen LogP contribution in [0.15, 0.2) is 59.2 Å². The van der Waals surface area contributed by atoms with E-state index in [1.807, 2.05) is 23.1 Å². The summed E-state index contributed by atoms with van der Waals surface area (Å²) in [4.78, 5) is 14.0. The number of carbonyl (C=O) groups excluding carboxylic acids is 1. The lowest BCUT2D eigenvalue weighted by Gasteiger charge is -2.14. The van der Waals surface area contributed by atoms with Gasteiger partial charge >= 0.3 is 0 Å². The van der Waals surface area contributed by atoms with Crippen LogP contribution in [0.2, 0.25) is 0 Å². The van der Waals surface area contributed by atoms with Crippen LogP contribution < -0.4 is 0 Å². The summed E-state index contributed by atoms with van der Waals surface area (Å²) < 4.78 is 5.18. The summed E-state index contributed by atoms with van der Waals surface area (Å²) in [6.07, 6.45) is 5.94. The van der Waals surface area contributed by atoms with Crippen LogP contribution in [0.3, 0.4) is 0 Å². The molecule has 1 amide bonds. The lowest BCUT2D eigenvalue weighted by Crippen LogP contribution is -2.26. The minimum Gasteiger partial charge on any atom is -0.465 e. The van der Waals surface area contributed by atoms with Crippen molar-refractivity contribution in [3.05, 3.63) is 66.1 Å². The first-order valence-corrected chi connectivity index (χ1v) is 6.88. The number of nitrogens with zero attached hydrogens (tertiary/aromatic N) is 1. The van der Waals surface area contributed by atoms with Gasteiger partial charge in [-0.05, 0) is 30.2 Å². The van der Waals surface area contributed by atoms with Crippen molar-refractivity contribution >= 4 is 12.0 Å². The van der Waals surface area contributed by atoms with E-state index in [0.717, 1.165) is 19.5 Å². The van der Waals surface area contributed by atoms with E-state index in [-0.39, 0.29) is 5.91 Å². The van der Waals surface area contributed by atoms with E-state index in [1.165, 1.54) is 5.56 Å². The van der Waals surface area contributed by atoms with Crippen LogP contribution in [0.4, 0.5) is 0 Å². The van der Waals surface area contributed by atoms with Gasteiger partial charge in [0, 0.05) is 25.1 Å². The van der Waals surface area contributed by atoms with Gasteiger partial charge < -0.3 is 9.32 Å². The van der Waals surface area contributed by atoms with Gasteiger partial charge in [0.1, 0.15) is 5.76 Å². The van der Waals surface area contributed by atoms with Crippen molar-refractivity contribution in [2.45, 2.75) is 12.3 Å². The zero-order valence-electron chi connectivity index (χ0n) is 11.2. The summed E-state index contributed by atoms with van der Waals surface area (Å²) in [6, 6.07) is 14.0. The minimum absolute atomic E-state index is 0.0554. The molecule has 0 saturated carbocycles. The van der Waals surface area contributed by atoms with E-state index in [4.69, 9.17) is 4.42 Å². The predicted molar refractivity (Wildman–Crippen MR) is 78.1 cm³/mol. The van der Waals surface area contributed by atoms with Crippen molar-refractivity contribution in [1.29, 1.82) is 0 Å². The SMILES string of the molecule is O=C(/C=C/c1ccco1)N1CCC(c2ccccc2)C1. The molecule has 0 N–H and O–H groups in total. The van der Waals surface area contributed by atoms with E-state index in [2.05, 4.69) is 24.3 Å². The van der Waals surface area contributed by atoms with E-state index in [9.17, 15) is 4.79 Å². The van der Waals surface area contributed by atoms with Crippen LogP contribution in [0.5, 0.6) is 0 Å². The molecule has 1 aliphatic heterocycles. The molecule has 3 heteroatoms. The van der Waals surface area contributed by atoms with Crippen LogP contribution in [-0.2, 0) is 4.79 Å². The van der Waals surface area contributed by atoms with Crippen LogP contribution in [0.1, 0.15) is 23.7 Å². The van der Waals surface area contributed by atoms with Crippen molar-refractivity contribution in [3.8, 4) is 0 Å². The molecule has 0 bridgehead atoms. The summed E-state index contributed by atoms with van der Waals surface area (Å²) in [5.74, 6) is 1.22. The standard InChI is InChI=1S/C17H17NO2/c19-17(9-8-16-7-4-12-20-16)18-11-10-15(13-18)14-5-2-1-3-6-14/h1-9,12,15H,10-11,13H2/b9-8+. The third kappa shape index (κ3) is 2.82. The Morgan fingerprint density at radius 1 is 1.20 bits per heavy atom. The van der Waals surface area contributed by atoms with Gasteiger partial charge in [-0.1, -0.05) is 30.3 Å². The summed E-state index contributed by atoms with van der Waals surface area (Å²) in [5, 5.41) is 0. The fraction of sp³-hybridized carbons (Fsp3) is 0.235. The Bertz CT molecular complexity index is 587. The van der Waals surface area contributed by atoms with Gasteiger partial charge in [-0.25, -0.2) is 0 Å². The average Bonchev–Trinajstić information content (AvgIpc) is 3.17. The Kier molecular flexibility index (Phi) is 3.68. The largest absolute Gasteiger partial charge is 0.465 e. The molecular formula is C17H17NO2. The average molecular weight is 267 g/mol. The molecular weight excluding hydrogens is 250 g/mol. The molecule has 1 aliphatic rings. The quantitative estimate of drug-likeness (QED) is 0.799. The van der Waals surface area contributed by atoms with Gasteiger partial charge in [-0.3, -0.25) is 4.79 Å². The van der Waals surface area contributed by atoms with Gasteiger partial charge in [-0.15, -0.1) is 0 Å². The minimum atomic E-state index is 0.0554. The zero-order valence-corrected chi connectivity index (χ0v) is 11.2. The molecule has 1 aromatic carbocycles. The van der Waals surface area contributed by atoms with Gasteiger partial charge in [-0.2, -0.15) is 0 Å². The first-order valence-electron chi connectivity index (χ1n) is 6.88. The van der Waals surface area contributed by atoms with E-state index >= 15 is 0 Å². The molecule has 2 aromatic rings. The molecule has 3 nitrogen and oxygen atoms in total. The molecule has 1 saturated heterocycles. The highest BCUT2D eigenvalue weighted by atomic mass is 16.3. The highest BCUT2D eigenvalue weighted by Crippen LogP contribution is 2.27. The molecule has 1 unspecified atom stereocenters. The molecule has 2 heterocycles. The van der Waals surface area contributed by atoms with Crippen molar-refractivity contribution in [3.63, 3.8) is 0 Å². The topological polar surface area (TPSA) is 33.5 Å². The molecule has 0 radical (unpaired) electrons. The maximum absolute atomic E-state index is 12.1. The lowest BCUT2D eigenvalue weighted by molar-refractivity contribution is -0.124. The Morgan fingerprint density at radius 2 is 2.05 bits per heavy atom.